The number of imide groups is 1. The Bertz CT molecular complexity index is 852. The molecule has 2 aromatic rings. The minimum absolute atomic E-state index is 0.305. The van der Waals surface area contributed by atoms with Gasteiger partial charge in [-0.15, -0.1) is 5.10 Å². The Morgan fingerprint density at radius 3 is 2.60 bits per heavy atom. The van der Waals surface area contributed by atoms with Crippen LogP contribution in [0.3, 0.4) is 0 Å². The Morgan fingerprint density at radius 1 is 1.28 bits per heavy atom. The van der Waals surface area contributed by atoms with Crippen molar-refractivity contribution in [3.05, 3.63) is 30.0 Å². The molecule has 0 spiro atoms. The molecule has 1 aliphatic heterocycles. The van der Waals surface area contributed by atoms with Crippen LogP contribution in [0.1, 0.15) is 33.6 Å². The van der Waals surface area contributed by atoms with Gasteiger partial charge in [0.05, 0.1) is 0 Å². The van der Waals surface area contributed by atoms with E-state index in [2.05, 4.69) is 29.4 Å². The number of hydrogen-bond acceptors (Lipinski definition) is 6. The number of aromatic nitrogens is 3. The molecule has 0 aromatic carbocycles. The average molecular weight is 342 g/mol. The topological polar surface area (TPSA) is 82.8 Å². The van der Waals surface area contributed by atoms with E-state index in [1.807, 2.05) is 30.3 Å². The monoisotopic (exact) mass is 342 g/mol. The maximum atomic E-state index is 12.1. The fraction of sp³-hybridized carbons (Fsp3) is 0.412. The van der Waals surface area contributed by atoms with E-state index < -0.39 is 5.91 Å². The second-order valence-electron chi connectivity index (χ2n) is 6.10. The lowest BCUT2D eigenvalue weighted by atomic mass is 10.1. The lowest BCUT2D eigenvalue weighted by Crippen LogP contribution is -2.37. The molecule has 1 aliphatic rings. The van der Waals surface area contributed by atoms with Gasteiger partial charge >= 0.3 is 0 Å². The molecule has 0 aliphatic carbocycles. The normalized spacial score (nSPS) is 14.6. The zero-order valence-electron chi connectivity index (χ0n) is 14.9. The lowest BCUT2D eigenvalue weighted by Gasteiger charge is -2.27. The van der Waals surface area contributed by atoms with Gasteiger partial charge in [-0.3, -0.25) is 15.0 Å². The predicted octanol–water partition coefficient (Wildman–Crippen LogP) is 2.00. The van der Waals surface area contributed by atoms with Gasteiger partial charge in [-0.2, -0.15) is 9.99 Å². The molecule has 2 aromatic heterocycles. The van der Waals surface area contributed by atoms with E-state index in [0.717, 1.165) is 17.9 Å². The molecule has 0 bridgehead atoms. The van der Waals surface area contributed by atoms with E-state index in [9.17, 15) is 9.59 Å². The van der Waals surface area contributed by atoms with Gasteiger partial charge in [0.25, 0.3) is 11.8 Å². The molecule has 2 amide bonds. The molecule has 3 rings (SSSR count). The number of rotatable bonds is 6. The van der Waals surface area contributed by atoms with Crippen molar-refractivity contribution in [3.63, 3.8) is 0 Å². The molecular weight excluding hydrogens is 320 g/mol. The number of nitrogens with one attached hydrogen (secondary N) is 1. The summed E-state index contributed by atoms with van der Waals surface area (Å²) in [5, 5.41) is 5.51. The summed E-state index contributed by atoms with van der Waals surface area (Å²) in [4.78, 5) is 30.7. The molecule has 132 valence electrons. The van der Waals surface area contributed by atoms with Gasteiger partial charge in [-0.05, 0) is 31.9 Å². The van der Waals surface area contributed by atoms with Crippen LogP contribution in [0, 0.1) is 0 Å². The standard InChI is InChI=1S/C17H22N6O2/c1-5-12(6-2)21(4)17-18-15(13-8-7-9-22(13)20-17)19-23-14(24)10-11(3)16(23)25/h7-10,12H,5-6H2,1-4H3,(H,18,19,20). The van der Waals surface area contributed by atoms with Crippen LogP contribution in [-0.2, 0) is 9.59 Å². The van der Waals surface area contributed by atoms with Gasteiger partial charge < -0.3 is 4.90 Å². The van der Waals surface area contributed by atoms with Crippen molar-refractivity contribution in [2.45, 2.75) is 39.7 Å². The third kappa shape index (κ3) is 2.95. The van der Waals surface area contributed by atoms with Crippen LogP contribution < -0.4 is 10.3 Å². The number of hydrazine groups is 1. The van der Waals surface area contributed by atoms with Crippen molar-refractivity contribution < 1.29 is 9.59 Å². The predicted molar refractivity (Wildman–Crippen MR) is 95.0 cm³/mol. The Kier molecular flexibility index (Phi) is 4.43. The number of hydrogen-bond donors (Lipinski definition) is 1. The third-order valence-corrected chi connectivity index (χ3v) is 4.50. The first kappa shape index (κ1) is 16.9. The van der Waals surface area contributed by atoms with E-state index >= 15 is 0 Å². The van der Waals surface area contributed by atoms with Crippen molar-refractivity contribution in [3.8, 4) is 0 Å². The molecule has 0 fully saturated rings. The summed E-state index contributed by atoms with van der Waals surface area (Å²) in [6, 6.07) is 3.97. The highest BCUT2D eigenvalue weighted by Crippen LogP contribution is 2.22. The number of anilines is 2. The van der Waals surface area contributed by atoms with E-state index in [4.69, 9.17) is 0 Å². The van der Waals surface area contributed by atoms with Crippen LogP contribution >= 0.6 is 0 Å². The van der Waals surface area contributed by atoms with Gasteiger partial charge in [0.15, 0.2) is 5.82 Å². The SMILES string of the molecule is CCC(CC)N(C)c1nc(NN2C(=O)C=C(C)C2=O)c2cccn2n1. The number of amides is 2. The van der Waals surface area contributed by atoms with Crippen molar-refractivity contribution in [1.29, 1.82) is 0 Å². The molecule has 0 saturated carbocycles. The molecule has 25 heavy (non-hydrogen) atoms. The van der Waals surface area contributed by atoms with Crippen molar-refractivity contribution in [1.82, 2.24) is 19.6 Å². The molecule has 1 N–H and O–H groups in total. The zero-order chi connectivity index (χ0) is 18.1. The molecule has 3 heterocycles. The molecule has 8 nitrogen and oxygen atoms in total. The van der Waals surface area contributed by atoms with Crippen LogP contribution in [0.4, 0.5) is 11.8 Å². The molecule has 0 radical (unpaired) electrons. The van der Waals surface area contributed by atoms with E-state index in [1.54, 1.807) is 11.4 Å². The maximum Gasteiger partial charge on any atom is 0.275 e. The average Bonchev–Trinajstić information content (AvgIpc) is 3.16. The van der Waals surface area contributed by atoms with Gasteiger partial charge in [0.1, 0.15) is 5.52 Å². The molecule has 0 unspecified atom stereocenters. The Balaban J connectivity index is 1.99. The van der Waals surface area contributed by atoms with E-state index in [-0.39, 0.29) is 5.91 Å². The first-order valence-electron chi connectivity index (χ1n) is 8.37. The summed E-state index contributed by atoms with van der Waals surface area (Å²) in [5.41, 5.74) is 3.94. The van der Waals surface area contributed by atoms with E-state index in [0.29, 0.717) is 28.9 Å². The van der Waals surface area contributed by atoms with Gasteiger partial charge in [0.2, 0.25) is 5.95 Å². The number of carbonyl (C=O) groups excluding carboxylic acids is 2. The summed E-state index contributed by atoms with van der Waals surface area (Å²) in [7, 11) is 1.95. The first-order valence-corrected chi connectivity index (χ1v) is 8.37. The summed E-state index contributed by atoms with van der Waals surface area (Å²) in [5.74, 6) is 0.171. The number of carbonyl (C=O) groups is 2. The van der Waals surface area contributed by atoms with Crippen LogP contribution in [-0.4, -0.2) is 44.5 Å². The second kappa shape index (κ2) is 6.54. The Labute approximate surface area is 146 Å². The maximum absolute atomic E-state index is 12.1. The van der Waals surface area contributed by atoms with Gasteiger partial charge in [0, 0.05) is 30.9 Å². The molecule has 8 heteroatoms. The smallest absolute Gasteiger partial charge is 0.275 e. The van der Waals surface area contributed by atoms with Crippen molar-refractivity contribution in [2.24, 2.45) is 0 Å². The fourth-order valence-corrected chi connectivity index (χ4v) is 2.95. The highest BCUT2D eigenvalue weighted by molar-refractivity contribution is 6.16. The van der Waals surface area contributed by atoms with Crippen molar-refractivity contribution in [2.75, 3.05) is 17.4 Å². The Hall–Kier alpha value is -2.90. The van der Waals surface area contributed by atoms with Gasteiger partial charge in [-0.25, -0.2) is 4.52 Å². The Morgan fingerprint density at radius 2 is 2.00 bits per heavy atom. The minimum atomic E-state index is -0.402. The van der Waals surface area contributed by atoms with Crippen LogP contribution in [0.25, 0.3) is 5.52 Å². The van der Waals surface area contributed by atoms with E-state index in [1.165, 1.54) is 6.08 Å². The number of nitrogens with zero attached hydrogens (tertiary/aromatic N) is 5. The van der Waals surface area contributed by atoms with Crippen LogP contribution in [0.15, 0.2) is 30.0 Å². The highest BCUT2D eigenvalue weighted by Gasteiger charge is 2.30. The third-order valence-electron chi connectivity index (χ3n) is 4.50. The lowest BCUT2D eigenvalue weighted by molar-refractivity contribution is -0.135. The summed E-state index contributed by atoms with van der Waals surface area (Å²) in [6.45, 7) is 5.85. The second-order valence-corrected chi connectivity index (χ2v) is 6.10. The fourth-order valence-electron chi connectivity index (χ4n) is 2.95. The van der Waals surface area contributed by atoms with Crippen LogP contribution in [0.2, 0.25) is 0 Å². The summed E-state index contributed by atoms with van der Waals surface area (Å²) >= 11 is 0. The molecular formula is C17H22N6O2. The minimum Gasteiger partial charge on any atom is -0.340 e. The molecule has 0 atom stereocenters. The van der Waals surface area contributed by atoms with Crippen molar-refractivity contribution >= 4 is 29.1 Å². The van der Waals surface area contributed by atoms with Crippen LogP contribution in [0.5, 0.6) is 0 Å². The molecule has 0 saturated heterocycles. The number of fused-ring (bicyclic) bond motifs is 1. The zero-order valence-corrected chi connectivity index (χ0v) is 14.9. The highest BCUT2D eigenvalue weighted by atomic mass is 16.2. The largest absolute Gasteiger partial charge is 0.340 e. The van der Waals surface area contributed by atoms with Gasteiger partial charge in [-0.1, -0.05) is 13.8 Å². The quantitative estimate of drug-likeness (QED) is 0.809. The summed E-state index contributed by atoms with van der Waals surface area (Å²) in [6.07, 6.45) is 5.05. The summed E-state index contributed by atoms with van der Waals surface area (Å²) < 4.78 is 1.69. The first-order chi connectivity index (χ1) is 12.0.